The number of H-pyrrole nitrogens is 1. The minimum Gasteiger partial charge on any atom is -0.455 e. The number of fused-ring (bicyclic) bond motifs is 2. The third kappa shape index (κ3) is 3.55. The molecule has 0 fully saturated rings. The molecular formula is C26H22ClN3O2. The van der Waals surface area contributed by atoms with Crippen molar-refractivity contribution < 1.29 is 4.42 Å². The molecule has 0 radical (unpaired) electrons. The zero-order valence-corrected chi connectivity index (χ0v) is 18.7. The Morgan fingerprint density at radius 2 is 1.94 bits per heavy atom. The number of benzene rings is 2. The first-order valence-electron chi connectivity index (χ1n) is 10.4. The second-order valence-electron chi connectivity index (χ2n) is 8.13. The van der Waals surface area contributed by atoms with Crippen LogP contribution in [0.15, 0.2) is 70.1 Å². The number of hydrogen-bond acceptors (Lipinski definition) is 4. The van der Waals surface area contributed by atoms with Crippen LogP contribution in [0.1, 0.15) is 29.7 Å². The number of nitrogens with one attached hydrogen (secondary N) is 2. The highest BCUT2D eigenvalue weighted by Crippen LogP contribution is 2.33. The lowest BCUT2D eigenvalue weighted by molar-refractivity contribution is 0.605. The van der Waals surface area contributed by atoms with Gasteiger partial charge in [-0.3, -0.25) is 4.79 Å². The van der Waals surface area contributed by atoms with Gasteiger partial charge in [0.1, 0.15) is 16.5 Å². The summed E-state index contributed by atoms with van der Waals surface area (Å²) >= 11 is 5.91. The summed E-state index contributed by atoms with van der Waals surface area (Å²) in [5.74, 6) is 0.587. The van der Waals surface area contributed by atoms with E-state index in [9.17, 15) is 4.79 Å². The van der Waals surface area contributed by atoms with Gasteiger partial charge < -0.3 is 14.7 Å². The molecule has 3 heterocycles. The number of nitrogens with zero attached hydrogens (tertiary/aromatic N) is 1. The number of aromatic amines is 1. The number of halogens is 1. The molecule has 0 bridgehead atoms. The first kappa shape index (κ1) is 20.3. The normalized spacial score (nSPS) is 12.4. The number of hydrogen-bond donors (Lipinski definition) is 2. The van der Waals surface area contributed by atoms with E-state index >= 15 is 0 Å². The summed E-state index contributed by atoms with van der Waals surface area (Å²) in [6.07, 6.45) is 3.59. The standard InChI is InChI=1S/C26H22ClN3O2/c1-14-10-20(16(3)30-19-6-7-23(27)29-13-19)26-21(11-14)24(31)15(2)25(32-26)18-5-4-17-8-9-28-22(17)12-18/h4-13,16,28,30H,1-3H3. The highest BCUT2D eigenvalue weighted by molar-refractivity contribution is 6.29. The van der Waals surface area contributed by atoms with Gasteiger partial charge in [-0.05, 0) is 62.1 Å². The van der Waals surface area contributed by atoms with Gasteiger partial charge in [-0.1, -0.05) is 29.8 Å². The second kappa shape index (κ2) is 7.84. The highest BCUT2D eigenvalue weighted by atomic mass is 35.5. The fourth-order valence-electron chi connectivity index (χ4n) is 4.14. The maximum absolute atomic E-state index is 13.3. The van der Waals surface area contributed by atoms with Crippen LogP contribution in [0.2, 0.25) is 5.15 Å². The van der Waals surface area contributed by atoms with E-state index in [1.807, 2.05) is 63.4 Å². The molecule has 1 unspecified atom stereocenters. The Kier molecular flexibility index (Phi) is 4.98. The van der Waals surface area contributed by atoms with Crippen molar-refractivity contribution in [2.45, 2.75) is 26.8 Å². The molecule has 5 rings (SSSR count). The molecule has 2 aromatic carbocycles. The van der Waals surface area contributed by atoms with Crippen molar-refractivity contribution in [3.8, 4) is 11.3 Å². The summed E-state index contributed by atoms with van der Waals surface area (Å²) in [5, 5.41) is 5.57. The van der Waals surface area contributed by atoms with Gasteiger partial charge in [0.15, 0.2) is 5.43 Å². The van der Waals surface area contributed by atoms with E-state index in [2.05, 4.69) is 21.4 Å². The van der Waals surface area contributed by atoms with Crippen molar-refractivity contribution in [2.24, 2.45) is 0 Å². The van der Waals surface area contributed by atoms with Gasteiger partial charge in [-0.15, -0.1) is 0 Å². The van der Waals surface area contributed by atoms with Crippen molar-refractivity contribution in [3.63, 3.8) is 0 Å². The van der Waals surface area contributed by atoms with Crippen LogP contribution in [-0.2, 0) is 0 Å². The van der Waals surface area contributed by atoms with Gasteiger partial charge in [0.2, 0.25) is 0 Å². The summed E-state index contributed by atoms with van der Waals surface area (Å²) in [5.41, 5.74) is 5.79. The number of aryl methyl sites for hydroxylation is 1. The van der Waals surface area contributed by atoms with Crippen LogP contribution in [0.3, 0.4) is 0 Å². The third-order valence-corrected chi connectivity index (χ3v) is 6.01. The largest absolute Gasteiger partial charge is 0.455 e. The molecule has 5 nitrogen and oxygen atoms in total. The molecule has 160 valence electrons. The molecule has 5 aromatic rings. The zero-order valence-electron chi connectivity index (χ0n) is 18.0. The minimum absolute atomic E-state index is 0.0156. The summed E-state index contributed by atoms with van der Waals surface area (Å²) in [4.78, 5) is 20.7. The number of aromatic nitrogens is 2. The molecule has 32 heavy (non-hydrogen) atoms. The molecule has 0 aliphatic rings. The number of pyridine rings is 1. The van der Waals surface area contributed by atoms with E-state index < -0.39 is 0 Å². The van der Waals surface area contributed by atoms with Crippen LogP contribution in [0.25, 0.3) is 33.2 Å². The van der Waals surface area contributed by atoms with Crippen LogP contribution < -0.4 is 10.7 Å². The van der Waals surface area contributed by atoms with Crippen LogP contribution >= 0.6 is 11.6 Å². The van der Waals surface area contributed by atoms with Gasteiger partial charge in [0, 0.05) is 28.4 Å². The average Bonchev–Trinajstić information content (AvgIpc) is 3.25. The van der Waals surface area contributed by atoms with Crippen molar-refractivity contribution in [1.82, 2.24) is 9.97 Å². The van der Waals surface area contributed by atoms with Gasteiger partial charge in [0.05, 0.1) is 23.3 Å². The molecule has 0 aliphatic carbocycles. The van der Waals surface area contributed by atoms with E-state index in [4.69, 9.17) is 16.0 Å². The predicted octanol–water partition coefficient (Wildman–Crippen LogP) is 6.78. The lowest BCUT2D eigenvalue weighted by Gasteiger charge is -2.18. The molecule has 1 atom stereocenters. The van der Waals surface area contributed by atoms with E-state index in [1.54, 1.807) is 12.3 Å². The van der Waals surface area contributed by atoms with E-state index in [0.29, 0.717) is 27.4 Å². The Hall–Kier alpha value is -3.57. The predicted molar refractivity (Wildman–Crippen MR) is 131 cm³/mol. The fourth-order valence-corrected chi connectivity index (χ4v) is 4.25. The summed E-state index contributed by atoms with van der Waals surface area (Å²) in [6.45, 7) is 5.84. The summed E-state index contributed by atoms with van der Waals surface area (Å²) < 4.78 is 6.46. The number of rotatable bonds is 4. The molecule has 0 saturated carbocycles. The number of anilines is 1. The Morgan fingerprint density at radius 1 is 1.09 bits per heavy atom. The molecule has 2 N–H and O–H groups in total. The molecule has 0 saturated heterocycles. The Balaban J connectivity index is 1.67. The van der Waals surface area contributed by atoms with E-state index in [1.165, 1.54) is 0 Å². The third-order valence-electron chi connectivity index (χ3n) is 5.79. The fraction of sp³-hybridized carbons (Fsp3) is 0.154. The van der Waals surface area contributed by atoms with Gasteiger partial charge in [-0.2, -0.15) is 0 Å². The van der Waals surface area contributed by atoms with E-state index in [0.717, 1.165) is 33.3 Å². The average molecular weight is 444 g/mol. The van der Waals surface area contributed by atoms with Gasteiger partial charge in [0.25, 0.3) is 0 Å². The topological polar surface area (TPSA) is 70.9 Å². The van der Waals surface area contributed by atoms with Crippen LogP contribution in [0.4, 0.5) is 5.69 Å². The second-order valence-corrected chi connectivity index (χ2v) is 8.52. The minimum atomic E-state index is -0.120. The first-order valence-corrected chi connectivity index (χ1v) is 10.8. The van der Waals surface area contributed by atoms with Crippen LogP contribution in [0.5, 0.6) is 0 Å². The van der Waals surface area contributed by atoms with Crippen molar-refractivity contribution in [1.29, 1.82) is 0 Å². The lowest BCUT2D eigenvalue weighted by atomic mass is 9.98. The Morgan fingerprint density at radius 3 is 2.72 bits per heavy atom. The highest BCUT2D eigenvalue weighted by Gasteiger charge is 2.19. The van der Waals surface area contributed by atoms with E-state index in [-0.39, 0.29) is 11.5 Å². The molecule has 3 aromatic heterocycles. The van der Waals surface area contributed by atoms with Gasteiger partial charge >= 0.3 is 0 Å². The van der Waals surface area contributed by atoms with Crippen LogP contribution in [0, 0.1) is 13.8 Å². The summed E-state index contributed by atoms with van der Waals surface area (Å²) in [6, 6.07) is 15.5. The quantitative estimate of drug-likeness (QED) is 0.300. The smallest absolute Gasteiger partial charge is 0.196 e. The van der Waals surface area contributed by atoms with Crippen molar-refractivity contribution in [2.75, 3.05) is 5.32 Å². The molecular weight excluding hydrogens is 422 g/mol. The van der Waals surface area contributed by atoms with Crippen molar-refractivity contribution >= 4 is 39.2 Å². The maximum Gasteiger partial charge on any atom is 0.196 e. The summed E-state index contributed by atoms with van der Waals surface area (Å²) in [7, 11) is 0. The molecule has 0 aliphatic heterocycles. The lowest BCUT2D eigenvalue weighted by Crippen LogP contribution is -2.12. The monoisotopic (exact) mass is 443 g/mol. The maximum atomic E-state index is 13.3. The molecule has 0 amide bonds. The SMILES string of the molecule is Cc1cc(C(C)Nc2ccc(Cl)nc2)c2oc(-c3ccc4cc[nH]c4c3)c(C)c(=O)c2c1. The molecule has 0 spiro atoms. The van der Waals surface area contributed by atoms with Crippen molar-refractivity contribution in [3.05, 3.63) is 93.0 Å². The zero-order chi connectivity index (χ0) is 22.4. The molecule has 6 heteroatoms. The first-order chi connectivity index (χ1) is 15.4. The van der Waals surface area contributed by atoms with Gasteiger partial charge in [-0.25, -0.2) is 4.98 Å². The Bertz CT molecular complexity index is 1520. The Labute approximate surface area is 190 Å². The van der Waals surface area contributed by atoms with Crippen LogP contribution in [-0.4, -0.2) is 9.97 Å².